The Morgan fingerprint density at radius 3 is 2.38 bits per heavy atom. The molecule has 0 fully saturated rings. The molecule has 0 bridgehead atoms. The van der Waals surface area contributed by atoms with Gasteiger partial charge in [0.05, 0.1) is 12.7 Å². The molecule has 0 aromatic rings. The third-order valence-corrected chi connectivity index (χ3v) is 2.36. The van der Waals surface area contributed by atoms with Crippen molar-refractivity contribution in [1.29, 1.82) is 5.26 Å². The second-order valence-corrected chi connectivity index (χ2v) is 8.29. The zero-order chi connectivity index (χ0) is 10.3. The molecule has 76 valence electrons. The van der Waals surface area contributed by atoms with Crippen LogP contribution in [-0.4, -0.2) is 27.6 Å². The van der Waals surface area contributed by atoms with Crippen molar-refractivity contribution in [3.05, 3.63) is 0 Å². The fourth-order valence-corrected chi connectivity index (χ4v) is 1.94. The summed E-state index contributed by atoms with van der Waals surface area (Å²) < 4.78 is 10.8. The first-order chi connectivity index (χ1) is 5.99. The van der Waals surface area contributed by atoms with Crippen molar-refractivity contribution < 1.29 is 9.16 Å². The number of ether oxygens (including phenoxy) is 1. The average molecular weight is 201 g/mol. The number of nitriles is 1. The molecule has 0 spiro atoms. The van der Waals surface area contributed by atoms with Gasteiger partial charge in [0, 0.05) is 13.0 Å². The van der Waals surface area contributed by atoms with E-state index < -0.39 is 8.32 Å². The molecular formula is C9H19NO2Si. The van der Waals surface area contributed by atoms with Crippen molar-refractivity contribution in [3.8, 4) is 6.07 Å². The lowest BCUT2D eigenvalue weighted by Crippen LogP contribution is -2.31. The van der Waals surface area contributed by atoms with E-state index in [1.54, 1.807) is 0 Å². The zero-order valence-electron chi connectivity index (χ0n) is 8.96. The van der Waals surface area contributed by atoms with Crippen LogP contribution in [-0.2, 0) is 9.16 Å². The summed E-state index contributed by atoms with van der Waals surface area (Å²) in [6.45, 7) is 9.50. The minimum absolute atomic E-state index is 0.293. The lowest BCUT2D eigenvalue weighted by molar-refractivity contribution is 0.115. The van der Waals surface area contributed by atoms with Crippen molar-refractivity contribution >= 4 is 8.32 Å². The molecule has 0 aliphatic heterocycles. The van der Waals surface area contributed by atoms with Gasteiger partial charge >= 0.3 is 0 Å². The van der Waals surface area contributed by atoms with Crippen LogP contribution in [0.1, 0.15) is 13.3 Å². The fraction of sp³-hybridized carbons (Fsp3) is 0.889. The molecule has 0 saturated heterocycles. The van der Waals surface area contributed by atoms with E-state index in [0.717, 1.165) is 0 Å². The summed E-state index contributed by atoms with van der Waals surface area (Å²) in [6, 6.07) is 2.15. The molecule has 0 aromatic heterocycles. The summed E-state index contributed by atoms with van der Waals surface area (Å²) in [6.07, 6.45) is 0.382. The Bertz CT molecular complexity index is 171. The largest absolute Gasteiger partial charge is 0.402 e. The van der Waals surface area contributed by atoms with E-state index >= 15 is 0 Å². The monoisotopic (exact) mass is 201 g/mol. The van der Waals surface area contributed by atoms with Gasteiger partial charge in [-0.05, 0) is 26.6 Å². The van der Waals surface area contributed by atoms with E-state index in [4.69, 9.17) is 14.4 Å². The zero-order valence-corrected chi connectivity index (χ0v) is 9.96. The van der Waals surface area contributed by atoms with Gasteiger partial charge < -0.3 is 9.16 Å². The quantitative estimate of drug-likeness (QED) is 0.488. The molecule has 4 heteroatoms. The summed E-state index contributed by atoms with van der Waals surface area (Å²) in [5.41, 5.74) is 0. The smallest absolute Gasteiger partial charge is 0.185 e. The highest BCUT2D eigenvalue weighted by atomic mass is 28.4. The lowest BCUT2D eigenvalue weighted by atomic mass is 10.3. The van der Waals surface area contributed by atoms with Gasteiger partial charge in [0.1, 0.15) is 6.10 Å². The van der Waals surface area contributed by atoms with E-state index in [1.165, 1.54) is 0 Å². The Balaban J connectivity index is 3.72. The molecule has 0 radical (unpaired) electrons. The van der Waals surface area contributed by atoms with Crippen molar-refractivity contribution in [3.63, 3.8) is 0 Å². The topological polar surface area (TPSA) is 42.2 Å². The van der Waals surface area contributed by atoms with Gasteiger partial charge in [0.2, 0.25) is 0 Å². The first kappa shape index (κ1) is 12.6. The Labute approximate surface area is 81.8 Å². The number of hydrogen-bond donors (Lipinski definition) is 0. The summed E-state index contributed by atoms with van der Waals surface area (Å²) in [4.78, 5) is 0. The third kappa shape index (κ3) is 7.97. The van der Waals surface area contributed by atoms with Crippen LogP contribution < -0.4 is 0 Å². The molecule has 0 aliphatic rings. The van der Waals surface area contributed by atoms with Gasteiger partial charge in [-0.15, -0.1) is 0 Å². The highest BCUT2D eigenvalue weighted by molar-refractivity contribution is 6.69. The molecule has 0 heterocycles. The van der Waals surface area contributed by atoms with E-state index in [9.17, 15) is 0 Å². The van der Waals surface area contributed by atoms with Crippen LogP contribution in [0.5, 0.6) is 0 Å². The molecule has 0 N–H and O–H groups in total. The third-order valence-electron chi connectivity index (χ3n) is 1.37. The van der Waals surface area contributed by atoms with Crippen molar-refractivity contribution in [2.45, 2.75) is 39.1 Å². The predicted molar refractivity (Wildman–Crippen MR) is 54.9 cm³/mol. The van der Waals surface area contributed by atoms with Crippen molar-refractivity contribution in [2.75, 3.05) is 13.2 Å². The molecule has 0 rings (SSSR count). The Hall–Kier alpha value is -0.373. The fourth-order valence-electron chi connectivity index (χ4n) is 0.911. The van der Waals surface area contributed by atoms with Gasteiger partial charge in [-0.2, -0.15) is 5.26 Å². The second kappa shape index (κ2) is 6.14. The molecule has 0 aliphatic carbocycles. The summed E-state index contributed by atoms with van der Waals surface area (Å²) in [5.74, 6) is 0. The maximum Gasteiger partial charge on any atom is 0.185 e. The minimum Gasteiger partial charge on any atom is -0.402 e. The summed E-state index contributed by atoms with van der Waals surface area (Å²) in [7, 11) is -1.58. The minimum atomic E-state index is -1.58. The molecule has 0 amide bonds. The van der Waals surface area contributed by atoms with Gasteiger partial charge in [0.15, 0.2) is 8.32 Å². The SMILES string of the molecule is CCOCCC(C#N)O[Si](C)(C)C. The van der Waals surface area contributed by atoms with E-state index in [-0.39, 0.29) is 6.10 Å². The summed E-state index contributed by atoms with van der Waals surface area (Å²) >= 11 is 0. The molecule has 0 saturated carbocycles. The molecule has 13 heavy (non-hydrogen) atoms. The van der Waals surface area contributed by atoms with Crippen LogP contribution in [0, 0.1) is 11.3 Å². The standard InChI is InChI=1S/C9H19NO2Si/c1-5-11-7-6-9(8-10)12-13(2,3)4/h9H,5-7H2,1-4H3. The number of rotatable bonds is 6. The Kier molecular flexibility index (Phi) is 5.96. The van der Waals surface area contributed by atoms with E-state index in [1.807, 2.05) is 6.92 Å². The van der Waals surface area contributed by atoms with E-state index in [0.29, 0.717) is 19.6 Å². The van der Waals surface area contributed by atoms with Crippen LogP contribution >= 0.6 is 0 Å². The lowest BCUT2D eigenvalue weighted by Gasteiger charge is -2.21. The van der Waals surface area contributed by atoms with Crippen LogP contribution in [0.2, 0.25) is 19.6 Å². The van der Waals surface area contributed by atoms with Gasteiger partial charge in [-0.1, -0.05) is 0 Å². The average Bonchev–Trinajstić information content (AvgIpc) is 2.01. The van der Waals surface area contributed by atoms with Crippen LogP contribution in [0.25, 0.3) is 0 Å². The maximum atomic E-state index is 8.78. The Morgan fingerprint density at radius 2 is 2.00 bits per heavy atom. The van der Waals surface area contributed by atoms with Crippen LogP contribution in [0.3, 0.4) is 0 Å². The van der Waals surface area contributed by atoms with Crippen LogP contribution in [0.4, 0.5) is 0 Å². The first-order valence-corrected chi connectivity index (χ1v) is 8.05. The normalized spacial score (nSPS) is 13.8. The van der Waals surface area contributed by atoms with E-state index in [2.05, 4.69) is 25.7 Å². The van der Waals surface area contributed by atoms with Crippen LogP contribution in [0.15, 0.2) is 0 Å². The Morgan fingerprint density at radius 1 is 1.38 bits per heavy atom. The molecule has 0 aromatic carbocycles. The van der Waals surface area contributed by atoms with Gasteiger partial charge in [-0.25, -0.2) is 0 Å². The second-order valence-electron chi connectivity index (χ2n) is 3.83. The molecule has 3 nitrogen and oxygen atoms in total. The number of hydrogen-bond acceptors (Lipinski definition) is 3. The highest BCUT2D eigenvalue weighted by Gasteiger charge is 2.20. The highest BCUT2D eigenvalue weighted by Crippen LogP contribution is 2.09. The molecule has 1 unspecified atom stereocenters. The van der Waals surface area contributed by atoms with Gasteiger partial charge in [0.25, 0.3) is 0 Å². The summed E-state index contributed by atoms with van der Waals surface area (Å²) in [5, 5.41) is 8.78. The number of nitrogens with zero attached hydrogens (tertiary/aromatic N) is 1. The molecular weight excluding hydrogens is 182 g/mol. The predicted octanol–water partition coefficient (Wildman–Crippen LogP) is 2.16. The van der Waals surface area contributed by atoms with Gasteiger partial charge in [-0.3, -0.25) is 0 Å². The first-order valence-electron chi connectivity index (χ1n) is 4.64. The van der Waals surface area contributed by atoms with Crippen molar-refractivity contribution in [1.82, 2.24) is 0 Å². The van der Waals surface area contributed by atoms with Crippen molar-refractivity contribution in [2.24, 2.45) is 0 Å². The maximum absolute atomic E-state index is 8.78. The molecule has 1 atom stereocenters.